The lowest BCUT2D eigenvalue weighted by Crippen LogP contribution is -2.33. The Kier molecular flexibility index (Phi) is 3.75. The summed E-state index contributed by atoms with van der Waals surface area (Å²) in [5, 5.41) is 1.17. The molecule has 3 heteroatoms. The standard InChI is InChI=1S/C18H24N2O/c1-4-9-20(11-14-5-6-14)18(21)15-7-8-17-16(10-15)12(2)13(3)19-17/h7-8,10,14,19H,4-6,9,11H2,1-3H3. The molecule has 1 N–H and O–H groups in total. The molecule has 3 nitrogen and oxygen atoms in total. The van der Waals surface area contributed by atoms with Gasteiger partial charge in [0, 0.05) is 35.2 Å². The number of carbonyl (C=O) groups excluding carboxylic acids is 1. The first-order valence-electron chi connectivity index (χ1n) is 7.98. The minimum Gasteiger partial charge on any atom is -0.358 e. The van der Waals surface area contributed by atoms with Crippen LogP contribution < -0.4 is 0 Å². The number of carbonyl (C=O) groups is 1. The molecule has 0 atom stereocenters. The summed E-state index contributed by atoms with van der Waals surface area (Å²) in [7, 11) is 0. The number of fused-ring (bicyclic) bond motifs is 1. The number of hydrogen-bond acceptors (Lipinski definition) is 1. The summed E-state index contributed by atoms with van der Waals surface area (Å²) in [5.41, 5.74) is 4.35. The Morgan fingerprint density at radius 2 is 2.10 bits per heavy atom. The molecule has 1 heterocycles. The van der Waals surface area contributed by atoms with E-state index in [1.807, 2.05) is 23.1 Å². The zero-order chi connectivity index (χ0) is 15.0. The van der Waals surface area contributed by atoms with E-state index in [1.165, 1.54) is 29.5 Å². The van der Waals surface area contributed by atoms with Crippen molar-refractivity contribution in [2.75, 3.05) is 13.1 Å². The van der Waals surface area contributed by atoms with Crippen molar-refractivity contribution in [1.82, 2.24) is 9.88 Å². The van der Waals surface area contributed by atoms with Crippen molar-refractivity contribution < 1.29 is 4.79 Å². The molecule has 1 aromatic carbocycles. The minimum atomic E-state index is 0.184. The molecule has 1 aliphatic rings. The molecular formula is C18H24N2O. The van der Waals surface area contributed by atoms with Gasteiger partial charge in [-0.1, -0.05) is 6.92 Å². The fraction of sp³-hybridized carbons (Fsp3) is 0.500. The second kappa shape index (κ2) is 5.55. The van der Waals surface area contributed by atoms with Crippen molar-refractivity contribution in [2.24, 2.45) is 5.92 Å². The molecule has 0 unspecified atom stereocenters. The second-order valence-electron chi connectivity index (χ2n) is 6.33. The number of aromatic amines is 1. The van der Waals surface area contributed by atoms with Gasteiger partial charge in [0.25, 0.3) is 5.91 Å². The van der Waals surface area contributed by atoms with Gasteiger partial charge in [-0.2, -0.15) is 0 Å². The van der Waals surface area contributed by atoms with Crippen LogP contribution in [0.25, 0.3) is 10.9 Å². The highest BCUT2D eigenvalue weighted by Gasteiger charge is 2.27. The second-order valence-corrected chi connectivity index (χ2v) is 6.33. The average Bonchev–Trinajstić information content (AvgIpc) is 3.25. The van der Waals surface area contributed by atoms with Crippen molar-refractivity contribution in [1.29, 1.82) is 0 Å². The van der Waals surface area contributed by atoms with Crippen molar-refractivity contribution in [2.45, 2.75) is 40.0 Å². The normalized spacial score (nSPS) is 14.6. The Labute approximate surface area is 126 Å². The summed E-state index contributed by atoms with van der Waals surface area (Å²) in [4.78, 5) is 18.2. The van der Waals surface area contributed by atoms with Gasteiger partial charge in [-0.05, 0) is 62.8 Å². The van der Waals surface area contributed by atoms with Gasteiger partial charge in [0.05, 0.1) is 0 Å². The number of H-pyrrole nitrogens is 1. The Balaban J connectivity index is 1.89. The van der Waals surface area contributed by atoms with Crippen molar-refractivity contribution in [3.63, 3.8) is 0 Å². The number of aromatic nitrogens is 1. The molecule has 1 saturated carbocycles. The number of rotatable bonds is 5. The van der Waals surface area contributed by atoms with E-state index in [-0.39, 0.29) is 5.91 Å². The maximum absolute atomic E-state index is 12.8. The molecule has 0 radical (unpaired) electrons. The number of hydrogen-bond donors (Lipinski definition) is 1. The van der Waals surface area contributed by atoms with Crippen LogP contribution in [0.2, 0.25) is 0 Å². The highest BCUT2D eigenvalue weighted by Crippen LogP contribution is 2.30. The average molecular weight is 284 g/mol. The monoisotopic (exact) mass is 284 g/mol. The smallest absolute Gasteiger partial charge is 0.253 e. The molecule has 1 amide bonds. The maximum atomic E-state index is 12.8. The fourth-order valence-electron chi connectivity index (χ4n) is 2.93. The fourth-order valence-corrected chi connectivity index (χ4v) is 2.93. The number of amides is 1. The quantitative estimate of drug-likeness (QED) is 0.883. The van der Waals surface area contributed by atoms with Gasteiger partial charge >= 0.3 is 0 Å². The van der Waals surface area contributed by atoms with Gasteiger partial charge < -0.3 is 9.88 Å². The first-order valence-corrected chi connectivity index (χ1v) is 7.98. The molecule has 21 heavy (non-hydrogen) atoms. The molecule has 1 aromatic heterocycles. The van der Waals surface area contributed by atoms with E-state index in [4.69, 9.17) is 0 Å². The molecule has 1 fully saturated rings. The van der Waals surface area contributed by atoms with Crippen molar-refractivity contribution in [3.8, 4) is 0 Å². The third-order valence-corrected chi connectivity index (χ3v) is 4.51. The van der Waals surface area contributed by atoms with E-state index in [9.17, 15) is 4.79 Å². The SMILES string of the molecule is CCCN(CC1CC1)C(=O)c1ccc2[nH]c(C)c(C)c2c1. The van der Waals surface area contributed by atoms with E-state index in [0.717, 1.165) is 36.5 Å². The molecule has 3 rings (SSSR count). The van der Waals surface area contributed by atoms with Crippen LogP contribution >= 0.6 is 0 Å². The van der Waals surface area contributed by atoms with Crippen LogP contribution in [0.3, 0.4) is 0 Å². The predicted octanol–water partition coefficient (Wildman–Crippen LogP) is 4.05. The molecule has 0 aliphatic heterocycles. The lowest BCUT2D eigenvalue weighted by atomic mass is 10.1. The third kappa shape index (κ3) is 2.82. The zero-order valence-electron chi connectivity index (χ0n) is 13.2. The van der Waals surface area contributed by atoms with E-state index >= 15 is 0 Å². The van der Waals surface area contributed by atoms with E-state index in [1.54, 1.807) is 0 Å². The van der Waals surface area contributed by atoms with Crippen LogP contribution in [0.1, 0.15) is 47.8 Å². The van der Waals surface area contributed by atoms with Gasteiger partial charge in [-0.15, -0.1) is 0 Å². The van der Waals surface area contributed by atoms with Gasteiger partial charge in [-0.25, -0.2) is 0 Å². The maximum Gasteiger partial charge on any atom is 0.253 e. The molecule has 0 bridgehead atoms. The highest BCUT2D eigenvalue weighted by atomic mass is 16.2. The number of aryl methyl sites for hydroxylation is 2. The Bertz CT molecular complexity index is 667. The number of nitrogens with zero attached hydrogens (tertiary/aromatic N) is 1. The summed E-state index contributed by atoms with van der Waals surface area (Å²) in [6.07, 6.45) is 3.58. The van der Waals surface area contributed by atoms with Gasteiger partial charge in [0.1, 0.15) is 0 Å². The predicted molar refractivity (Wildman–Crippen MR) is 86.7 cm³/mol. The van der Waals surface area contributed by atoms with Crippen LogP contribution in [0.15, 0.2) is 18.2 Å². The molecule has 0 saturated heterocycles. The molecule has 2 aromatic rings. The summed E-state index contributed by atoms with van der Waals surface area (Å²) < 4.78 is 0. The van der Waals surface area contributed by atoms with Gasteiger partial charge in [-0.3, -0.25) is 4.79 Å². The van der Waals surface area contributed by atoms with Crippen LogP contribution in [0.4, 0.5) is 0 Å². The number of benzene rings is 1. The lowest BCUT2D eigenvalue weighted by molar-refractivity contribution is 0.0748. The molecule has 112 valence electrons. The Morgan fingerprint density at radius 1 is 1.33 bits per heavy atom. The summed E-state index contributed by atoms with van der Waals surface area (Å²) in [6, 6.07) is 6.03. The Morgan fingerprint density at radius 3 is 2.76 bits per heavy atom. The van der Waals surface area contributed by atoms with Crippen LogP contribution in [-0.2, 0) is 0 Å². The Hall–Kier alpha value is -1.77. The van der Waals surface area contributed by atoms with E-state index < -0.39 is 0 Å². The van der Waals surface area contributed by atoms with Gasteiger partial charge in [0.15, 0.2) is 0 Å². The first-order chi connectivity index (χ1) is 10.1. The summed E-state index contributed by atoms with van der Waals surface area (Å²) in [6.45, 7) is 8.11. The van der Waals surface area contributed by atoms with Gasteiger partial charge in [0.2, 0.25) is 0 Å². The van der Waals surface area contributed by atoms with Crippen molar-refractivity contribution in [3.05, 3.63) is 35.0 Å². The third-order valence-electron chi connectivity index (χ3n) is 4.51. The lowest BCUT2D eigenvalue weighted by Gasteiger charge is -2.22. The van der Waals surface area contributed by atoms with Crippen molar-refractivity contribution >= 4 is 16.8 Å². The molecule has 1 aliphatic carbocycles. The largest absolute Gasteiger partial charge is 0.358 e. The topological polar surface area (TPSA) is 36.1 Å². The highest BCUT2D eigenvalue weighted by molar-refractivity contribution is 5.99. The number of nitrogens with one attached hydrogen (secondary N) is 1. The van der Waals surface area contributed by atoms with Crippen LogP contribution in [-0.4, -0.2) is 28.9 Å². The summed E-state index contributed by atoms with van der Waals surface area (Å²) in [5.74, 6) is 0.921. The van der Waals surface area contributed by atoms with E-state index in [0.29, 0.717) is 0 Å². The van der Waals surface area contributed by atoms with Crippen LogP contribution in [0, 0.1) is 19.8 Å². The molecule has 0 spiro atoms. The van der Waals surface area contributed by atoms with E-state index in [2.05, 4.69) is 25.8 Å². The summed E-state index contributed by atoms with van der Waals surface area (Å²) >= 11 is 0. The minimum absolute atomic E-state index is 0.184. The zero-order valence-corrected chi connectivity index (χ0v) is 13.2. The molecular weight excluding hydrogens is 260 g/mol. The first kappa shape index (κ1) is 14.2. The van der Waals surface area contributed by atoms with Crippen LogP contribution in [0.5, 0.6) is 0 Å².